The van der Waals surface area contributed by atoms with Gasteiger partial charge in [-0.05, 0) is 116 Å². The Balaban J connectivity index is 0.899. The second-order valence-electron chi connectivity index (χ2n) is 17.0. The molecule has 0 saturated heterocycles. The van der Waals surface area contributed by atoms with E-state index in [0.717, 1.165) is 48.9 Å². The third-order valence-corrected chi connectivity index (χ3v) is 13.9. The molecule has 7 atom stereocenters. The number of benzene rings is 3. The first-order valence-corrected chi connectivity index (χ1v) is 19.5. The lowest BCUT2D eigenvalue weighted by Gasteiger charge is -2.58. The first-order valence-electron chi connectivity index (χ1n) is 19.5. The minimum atomic E-state index is -0.141. The lowest BCUT2D eigenvalue weighted by molar-refractivity contribution is -0.151. The number of carbonyl (C=O) groups excluding carboxylic acids is 1. The molecule has 5 nitrogen and oxygen atoms in total. The van der Waals surface area contributed by atoms with Crippen LogP contribution in [-0.2, 0) is 9.53 Å². The summed E-state index contributed by atoms with van der Waals surface area (Å²) >= 11 is 0. The van der Waals surface area contributed by atoms with Gasteiger partial charge in [-0.1, -0.05) is 82.9 Å². The zero-order valence-corrected chi connectivity index (χ0v) is 30.3. The van der Waals surface area contributed by atoms with Gasteiger partial charge in [-0.3, -0.25) is 4.79 Å². The summed E-state index contributed by atoms with van der Waals surface area (Å²) in [4.78, 5) is 12.9. The van der Waals surface area contributed by atoms with E-state index in [1.807, 2.05) is 12.1 Å². The predicted molar refractivity (Wildman–Crippen MR) is 198 cm³/mol. The molecular weight excluding hydrogens is 608 g/mol. The number of fused-ring (bicyclic) bond motifs is 7. The SMILES string of the molecule is CC(C)CCCCC1CCC2C3CC=C4CC(OC(=O)CCCOc5ccc6c(O)c7ccccc7c(O)c6c5)CCC4(C)C3CCC12C. The highest BCUT2D eigenvalue weighted by Crippen LogP contribution is 2.67. The molecule has 7 unspecified atom stereocenters. The largest absolute Gasteiger partial charge is 0.507 e. The zero-order valence-electron chi connectivity index (χ0n) is 30.3. The molecule has 3 saturated carbocycles. The fraction of sp³-hybridized carbons (Fsp3) is 0.614. The van der Waals surface area contributed by atoms with Gasteiger partial charge in [0.2, 0.25) is 0 Å². The van der Waals surface area contributed by atoms with Crippen LogP contribution >= 0.6 is 0 Å². The van der Waals surface area contributed by atoms with E-state index in [9.17, 15) is 15.0 Å². The summed E-state index contributed by atoms with van der Waals surface area (Å²) in [5.41, 5.74) is 2.35. The molecule has 0 bridgehead atoms. The van der Waals surface area contributed by atoms with Crippen molar-refractivity contribution < 1.29 is 24.5 Å². The van der Waals surface area contributed by atoms with Crippen LogP contribution in [0.3, 0.4) is 0 Å². The Morgan fingerprint density at radius 1 is 0.878 bits per heavy atom. The second kappa shape index (κ2) is 13.8. The van der Waals surface area contributed by atoms with E-state index in [4.69, 9.17) is 9.47 Å². The number of ether oxygens (including phenoxy) is 2. The van der Waals surface area contributed by atoms with Crippen molar-refractivity contribution in [2.24, 2.45) is 40.4 Å². The molecule has 0 radical (unpaired) electrons. The third-order valence-electron chi connectivity index (χ3n) is 13.9. The Morgan fingerprint density at radius 2 is 1.63 bits per heavy atom. The maximum Gasteiger partial charge on any atom is 0.306 e. The fourth-order valence-corrected chi connectivity index (χ4v) is 11.1. The lowest BCUT2D eigenvalue weighted by Crippen LogP contribution is -2.50. The van der Waals surface area contributed by atoms with Gasteiger partial charge in [0, 0.05) is 34.4 Å². The fourth-order valence-electron chi connectivity index (χ4n) is 11.1. The van der Waals surface area contributed by atoms with Crippen LogP contribution in [0.25, 0.3) is 21.5 Å². The van der Waals surface area contributed by atoms with E-state index in [0.29, 0.717) is 52.2 Å². The topological polar surface area (TPSA) is 76.0 Å². The van der Waals surface area contributed by atoms with Crippen LogP contribution in [0.15, 0.2) is 54.1 Å². The number of hydrogen-bond donors (Lipinski definition) is 2. The molecule has 3 aromatic rings. The maximum atomic E-state index is 12.9. The zero-order chi connectivity index (χ0) is 34.3. The van der Waals surface area contributed by atoms with Crippen molar-refractivity contribution in [2.45, 2.75) is 124 Å². The number of allylic oxidation sites excluding steroid dienone is 1. The molecule has 0 spiro atoms. The molecule has 3 fully saturated rings. The number of hydrogen-bond acceptors (Lipinski definition) is 5. The number of rotatable bonds is 11. The van der Waals surface area contributed by atoms with Crippen LogP contribution in [0.1, 0.15) is 118 Å². The normalized spacial score (nSPS) is 30.9. The van der Waals surface area contributed by atoms with Crippen LogP contribution in [-0.4, -0.2) is 28.9 Å². The number of phenolic OH excluding ortho intramolecular Hbond substituents is 2. The Labute approximate surface area is 293 Å². The van der Waals surface area contributed by atoms with Crippen LogP contribution in [0.2, 0.25) is 0 Å². The molecule has 7 rings (SSSR count). The summed E-state index contributed by atoms with van der Waals surface area (Å²) in [6, 6.07) is 12.6. The van der Waals surface area contributed by atoms with E-state index in [2.05, 4.69) is 33.8 Å². The molecule has 49 heavy (non-hydrogen) atoms. The molecule has 0 aromatic heterocycles. The summed E-state index contributed by atoms with van der Waals surface area (Å²) in [6.07, 6.45) is 18.9. The molecule has 0 aliphatic heterocycles. The summed E-state index contributed by atoms with van der Waals surface area (Å²) < 4.78 is 12.0. The van der Waals surface area contributed by atoms with Gasteiger partial charge in [-0.15, -0.1) is 0 Å². The lowest BCUT2D eigenvalue weighted by atomic mass is 9.47. The van der Waals surface area contributed by atoms with Crippen molar-refractivity contribution in [3.63, 3.8) is 0 Å². The van der Waals surface area contributed by atoms with Crippen LogP contribution in [0.5, 0.6) is 17.2 Å². The van der Waals surface area contributed by atoms with Crippen LogP contribution < -0.4 is 4.74 Å². The standard InChI is InChI=1S/C44H58O5/c1-28(2)10-5-6-11-29-16-20-38-36-18-15-30-26-32(21-23-44(30,4)39(36)22-24-43(29,38)3)49-40(45)14-9-25-48-31-17-19-35-37(27-31)42(47)34-13-8-7-12-33(34)41(35)46/h7-8,12-13,15,17,19,27-29,32,36,38-39,46-47H,5-6,9-11,14,16,18,20-26H2,1-4H3. The van der Waals surface area contributed by atoms with Gasteiger partial charge in [0.1, 0.15) is 23.4 Å². The van der Waals surface area contributed by atoms with E-state index in [1.165, 1.54) is 57.8 Å². The maximum absolute atomic E-state index is 12.9. The van der Waals surface area contributed by atoms with E-state index in [-0.39, 0.29) is 29.0 Å². The first-order chi connectivity index (χ1) is 23.6. The van der Waals surface area contributed by atoms with E-state index >= 15 is 0 Å². The van der Waals surface area contributed by atoms with Gasteiger partial charge in [0.25, 0.3) is 0 Å². The van der Waals surface area contributed by atoms with Crippen molar-refractivity contribution >= 4 is 27.5 Å². The molecule has 0 amide bonds. The highest BCUT2D eigenvalue weighted by molar-refractivity contribution is 6.10. The number of unbranched alkanes of at least 4 members (excludes halogenated alkanes) is 1. The summed E-state index contributed by atoms with van der Waals surface area (Å²) in [5, 5.41) is 24.0. The molecule has 264 valence electrons. The number of carbonyl (C=O) groups is 1. The Hall–Kier alpha value is -3.21. The third kappa shape index (κ3) is 6.45. The summed E-state index contributed by atoms with van der Waals surface area (Å²) in [5.74, 6) is 4.95. The predicted octanol–water partition coefficient (Wildman–Crippen LogP) is 11.3. The highest BCUT2D eigenvalue weighted by atomic mass is 16.5. The number of phenols is 2. The van der Waals surface area contributed by atoms with E-state index in [1.54, 1.807) is 35.9 Å². The van der Waals surface area contributed by atoms with Crippen molar-refractivity contribution in [3.8, 4) is 17.2 Å². The summed E-state index contributed by atoms with van der Waals surface area (Å²) in [6.45, 7) is 10.3. The van der Waals surface area contributed by atoms with Gasteiger partial charge in [0.15, 0.2) is 0 Å². The Bertz CT molecular complexity index is 1710. The highest BCUT2D eigenvalue weighted by Gasteiger charge is 2.58. The number of esters is 1. The van der Waals surface area contributed by atoms with Gasteiger partial charge in [0.05, 0.1) is 6.61 Å². The van der Waals surface area contributed by atoms with Crippen LogP contribution in [0.4, 0.5) is 0 Å². The van der Waals surface area contributed by atoms with Gasteiger partial charge < -0.3 is 19.7 Å². The quantitative estimate of drug-likeness (QED) is 0.0700. The van der Waals surface area contributed by atoms with Crippen LogP contribution in [0, 0.1) is 40.4 Å². The second-order valence-corrected chi connectivity index (χ2v) is 17.0. The van der Waals surface area contributed by atoms with Crippen molar-refractivity contribution in [1.82, 2.24) is 0 Å². The molecule has 4 aliphatic rings. The van der Waals surface area contributed by atoms with E-state index < -0.39 is 0 Å². The molecule has 0 heterocycles. The Kier molecular flexibility index (Phi) is 9.67. The monoisotopic (exact) mass is 666 g/mol. The van der Waals surface area contributed by atoms with Gasteiger partial charge >= 0.3 is 5.97 Å². The molecule has 2 N–H and O–H groups in total. The average Bonchev–Trinajstić information content (AvgIpc) is 3.43. The molecule has 5 heteroatoms. The minimum Gasteiger partial charge on any atom is -0.507 e. The molecular formula is C44H58O5. The van der Waals surface area contributed by atoms with Crippen molar-refractivity contribution in [3.05, 3.63) is 54.1 Å². The van der Waals surface area contributed by atoms with Gasteiger partial charge in [-0.25, -0.2) is 0 Å². The minimum absolute atomic E-state index is 0.0224. The van der Waals surface area contributed by atoms with Gasteiger partial charge in [-0.2, -0.15) is 0 Å². The summed E-state index contributed by atoms with van der Waals surface area (Å²) in [7, 11) is 0. The Morgan fingerprint density at radius 3 is 2.41 bits per heavy atom. The van der Waals surface area contributed by atoms with Crippen molar-refractivity contribution in [2.75, 3.05) is 6.61 Å². The smallest absolute Gasteiger partial charge is 0.306 e. The number of aromatic hydroxyl groups is 2. The average molecular weight is 667 g/mol. The first kappa shape index (κ1) is 34.2. The molecule has 4 aliphatic carbocycles. The molecule has 3 aromatic carbocycles. The van der Waals surface area contributed by atoms with Crippen molar-refractivity contribution in [1.29, 1.82) is 0 Å².